The highest BCUT2D eigenvalue weighted by Crippen LogP contribution is 2.32. The van der Waals surface area contributed by atoms with Crippen molar-refractivity contribution in [3.8, 4) is 0 Å². The second-order valence-corrected chi connectivity index (χ2v) is 6.75. The molecule has 4 rings (SSSR count). The first-order chi connectivity index (χ1) is 10.7. The van der Waals surface area contributed by atoms with Crippen LogP contribution in [0.15, 0.2) is 34.0 Å². The minimum absolute atomic E-state index is 0.0621. The van der Waals surface area contributed by atoms with Crippen LogP contribution in [0.3, 0.4) is 0 Å². The average molecular weight is 298 g/mol. The van der Waals surface area contributed by atoms with Crippen molar-refractivity contribution in [2.24, 2.45) is 10.2 Å². The fourth-order valence-electron chi connectivity index (χ4n) is 4.18. The molecule has 2 bridgehead atoms. The van der Waals surface area contributed by atoms with Crippen molar-refractivity contribution in [2.75, 3.05) is 7.05 Å². The third-order valence-corrected chi connectivity index (χ3v) is 5.44. The Morgan fingerprint density at radius 3 is 2.82 bits per heavy atom. The standard InChI is InChI=1S/C17H22N4O/c1-21-12-5-4-6-13(21)10-11(9-12)18-17(22)16-14-7-2-3-8-15(14)19-20-16/h2-3,7,11-13H,4-6,8-10H2,1H3,(H,18,22). The summed E-state index contributed by atoms with van der Waals surface area (Å²) in [6.45, 7) is 0. The van der Waals surface area contributed by atoms with Crippen LogP contribution in [0.4, 0.5) is 0 Å². The lowest BCUT2D eigenvalue weighted by Gasteiger charge is -2.47. The molecule has 0 spiro atoms. The molecular formula is C17H22N4O. The molecule has 3 heterocycles. The number of fused-ring (bicyclic) bond motifs is 3. The molecule has 1 aliphatic carbocycles. The normalized spacial score (nSPS) is 33.7. The Bertz CT molecular complexity index is 602. The Morgan fingerprint density at radius 2 is 2.05 bits per heavy atom. The molecule has 5 heteroatoms. The number of hydrogen-bond acceptors (Lipinski definition) is 4. The Hall–Kier alpha value is -1.75. The summed E-state index contributed by atoms with van der Waals surface area (Å²) in [5.74, 6) is -0.0621. The van der Waals surface area contributed by atoms with Crippen molar-refractivity contribution >= 4 is 17.3 Å². The lowest BCUT2D eigenvalue weighted by atomic mass is 9.82. The molecule has 0 aromatic heterocycles. The first-order valence-corrected chi connectivity index (χ1v) is 8.27. The van der Waals surface area contributed by atoms with Gasteiger partial charge in [-0.25, -0.2) is 0 Å². The minimum atomic E-state index is -0.0621. The molecule has 0 aromatic carbocycles. The van der Waals surface area contributed by atoms with E-state index in [1.165, 1.54) is 19.3 Å². The van der Waals surface area contributed by atoms with Crippen LogP contribution in [0.2, 0.25) is 0 Å². The van der Waals surface area contributed by atoms with E-state index in [1.807, 2.05) is 18.2 Å². The van der Waals surface area contributed by atoms with Gasteiger partial charge in [-0.05, 0) is 32.7 Å². The van der Waals surface area contributed by atoms with Crippen LogP contribution in [0.5, 0.6) is 0 Å². The summed E-state index contributed by atoms with van der Waals surface area (Å²) < 4.78 is 0. The topological polar surface area (TPSA) is 57.1 Å². The van der Waals surface area contributed by atoms with Crippen molar-refractivity contribution in [2.45, 2.75) is 56.7 Å². The van der Waals surface area contributed by atoms with Gasteiger partial charge < -0.3 is 10.2 Å². The Morgan fingerprint density at radius 1 is 1.27 bits per heavy atom. The van der Waals surface area contributed by atoms with Gasteiger partial charge in [-0.15, -0.1) is 5.10 Å². The van der Waals surface area contributed by atoms with Crippen molar-refractivity contribution < 1.29 is 4.79 Å². The highest BCUT2D eigenvalue weighted by molar-refractivity contribution is 6.53. The summed E-state index contributed by atoms with van der Waals surface area (Å²) in [6, 6.07) is 1.50. The molecule has 5 nitrogen and oxygen atoms in total. The third kappa shape index (κ3) is 2.33. The van der Waals surface area contributed by atoms with Gasteiger partial charge in [0.05, 0.1) is 5.71 Å². The second kappa shape index (κ2) is 5.47. The van der Waals surface area contributed by atoms with Crippen LogP contribution < -0.4 is 5.32 Å². The van der Waals surface area contributed by atoms with Gasteiger partial charge in [-0.3, -0.25) is 4.79 Å². The zero-order valence-electron chi connectivity index (χ0n) is 13.0. The van der Waals surface area contributed by atoms with Crippen molar-refractivity contribution in [1.82, 2.24) is 10.2 Å². The molecule has 2 saturated heterocycles. The van der Waals surface area contributed by atoms with Crippen LogP contribution in [0.1, 0.15) is 38.5 Å². The zero-order valence-corrected chi connectivity index (χ0v) is 13.0. The van der Waals surface area contributed by atoms with Gasteiger partial charge in [0.2, 0.25) is 0 Å². The highest BCUT2D eigenvalue weighted by Gasteiger charge is 2.37. The van der Waals surface area contributed by atoms with E-state index in [4.69, 9.17) is 0 Å². The van der Waals surface area contributed by atoms with Crippen molar-refractivity contribution in [1.29, 1.82) is 0 Å². The highest BCUT2D eigenvalue weighted by atomic mass is 16.2. The molecule has 3 aliphatic heterocycles. The smallest absolute Gasteiger partial charge is 0.272 e. The number of carbonyl (C=O) groups excluding carboxylic acids is 1. The van der Waals surface area contributed by atoms with E-state index >= 15 is 0 Å². The van der Waals surface area contributed by atoms with Gasteiger partial charge in [-0.1, -0.05) is 24.6 Å². The third-order valence-electron chi connectivity index (χ3n) is 5.44. The predicted molar refractivity (Wildman–Crippen MR) is 87.1 cm³/mol. The van der Waals surface area contributed by atoms with E-state index in [2.05, 4.69) is 27.5 Å². The fourth-order valence-corrected chi connectivity index (χ4v) is 4.18. The van der Waals surface area contributed by atoms with Gasteiger partial charge in [0.1, 0.15) is 0 Å². The number of allylic oxidation sites excluding steroid dienone is 3. The largest absolute Gasteiger partial charge is 0.348 e. The molecular weight excluding hydrogens is 276 g/mol. The summed E-state index contributed by atoms with van der Waals surface area (Å²) in [5.41, 5.74) is 2.30. The fraction of sp³-hybridized carbons (Fsp3) is 0.588. The monoisotopic (exact) mass is 298 g/mol. The van der Waals surface area contributed by atoms with Crippen LogP contribution >= 0.6 is 0 Å². The Labute approximate surface area is 130 Å². The number of nitrogens with zero attached hydrogens (tertiary/aromatic N) is 3. The van der Waals surface area contributed by atoms with E-state index in [-0.39, 0.29) is 11.9 Å². The van der Waals surface area contributed by atoms with Crippen LogP contribution in [-0.4, -0.2) is 47.4 Å². The Balaban J connectivity index is 1.43. The molecule has 1 N–H and O–H groups in total. The average Bonchev–Trinajstić information content (AvgIpc) is 2.92. The van der Waals surface area contributed by atoms with Gasteiger partial charge in [0, 0.05) is 30.1 Å². The lowest BCUT2D eigenvalue weighted by Crippen LogP contribution is -2.56. The van der Waals surface area contributed by atoms with Crippen LogP contribution in [0, 0.1) is 0 Å². The number of hydrogen-bond donors (Lipinski definition) is 1. The molecule has 2 atom stereocenters. The maximum atomic E-state index is 12.6. The number of carbonyl (C=O) groups is 1. The summed E-state index contributed by atoms with van der Waals surface area (Å²) >= 11 is 0. The lowest BCUT2D eigenvalue weighted by molar-refractivity contribution is -0.116. The van der Waals surface area contributed by atoms with E-state index in [0.717, 1.165) is 30.5 Å². The van der Waals surface area contributed by atoms with Gasteiger partial charge >= 0.3 is 0 Å². The molecule has 2 unspecified atom stereocenters. The number of amides is 1. The zero-order chi connectivity index (χ0) is 15.1. The van der Waals surface area contributed by atoms with E-state index in [1.54, 1.807) is 0 Å². The van der Waals surface area contributed by atoms with Crippen LogP contribution in [0.25, 0.3) is 0 Å². The summed E-state index contributed by atoms with van der Waals surface area (Å²) in [5, 5.41) is 11.5. The van der Waals surface area contributed by atoms with Crippen LogP contribution in [-0.2, 0) is 4.79 Å². The number of piperidine rings is 2. The molecule has 0 saturated carbocycles. The van der Waals surface area contributed by atoms with Gasteiger partial charge in [0.25, 0.3) is 5.91 Å². The summed E-state index contributed by atoms with van der Waals surface area (Å²) in [6.07, 6.45) is 12.7. The van der Waals surface area contributed by atoms with Crippen molar-refractivity contribution in [3.63, 3.8) is 0 Å². The first-order valence-electron chi connectivity index (χ1n) is 8.27. The molecule has 2 fully saturated rings. The molecule has 0 radical (unpaired) electrons. The Kier molecular flexibility index (Phi) is 3.45. The predicted octanol–water partition coefficient (Wildman–Crippen LogP) is 1.81. The second-order valence-electron chi connectivity index (χ2n) is 6.75. The molecule has 116 valence electrons. The maximum Gasteiger partial charge on any atom is 0.272 e. The van der Waals surface area contributed by atoms with E-state index in [0.29, 0.717) is 17.8 Å². The van der Waals surface area contributed by atoms with Crippen molar-refractivity contribution in [3.05, 3.63) is 23.8 Å². The SMILES string of the molecule is CN1C2CCCC1CC(NC(=O)C1=NN=C3CC=CC=C31)C2. The quantitative estimate of drug-likeness (QED) is 0.845. The maximum absolute atomic E-state index is 12.6. The summed E-state index contributed by atoms with van der Waals surface area (Å²) in [4.78, 5) is 15.1. The summed E-state index contributed by atoms with van der Waals surface area (Å²) in [7, 11) is 2.23. The molecule has 4 aliphatic rings. The van der Waals surface area contributed by atoms with E-state index in [9.17, 15) is 4.79 Å². The van der Waals surface area contributed by atoms with Gasteiger partial charge in [0.15, 0.2) is 5.71 Å². The molecule has 0 aromatic rings. The minimum Gasteiger partial charge on any atom is -0.348 e. The number of nitrogens with one attached hydrogen (secondary N) is 1. The first kappa shape index (κ1) is 13.9. The van der Waals surface area contributed by atoms with E-state index < -0.39 is 0 Å². The molecule has 22 heavy (non-hydrogen) atoms. The van der Waals surface area contributed by atoms with Gasteiger partial charge in [-0.2, -0.15) is 5.10 Å². The molecule has 1 amide bonds. The number of rotatable bonds is 2.